The molecule has 134 valence electrons. The monoisotopic (exact) mass is 452 g/mol. The third-order valence-electron chi connectivity index (χ3n) is 3.31. The summed E-state index contributed by atoms with van der Waals surface area (Å²) in [5.74, 6) is 0.694. The second-order valence-corrected chi connectivity index (χ2v) is 5.42. The van der Waals surface area contributed by atoms with Crippen LogP contribution in [0.1, 0.15) is 25.0 Å². The van der Waals surface area contributed by atoms with Crippen LogP contribution in [0.3, 0.4) is 0 Å². The molecule has 0 fully saturated rings. The molecule has 0 radical (unpaired) electrons. The quantitative estimate of drug-likeness (QED) is 0.357. The molecule has 0 aliphatic heterocycles. The highest BCUT2D eigenvalue weighted by atomic mass is 127. The molecule has 0 spiro atoms. The Bertz CT molecular complexity index is 689. The summed E-state index contributed by atoms with van der Waals surface area (Å²) < 4.78 is 0. The van der Waals surface area contributed by atoms with E-state index in [0.29, 0.717) is 6.54 Å². The minimum absolute atomic E-state index is 0. The van der Waals surface area contributed by atoms with Gasteiger partial charge in [0.1, 0.15) is 0 Å². The number of carbonyl (C=O) groups excluding carboxylic acids is 1. The molecule has 3 N–H and O–H groups in total. The summed E-state index contributed by atoms with van der Waals surface area (Å²) in [6.45, 7) is 5.60. The number of rotatable bonds is 6. The Balaban J connectivity index is 0.00000312. The van der Waals surface area contributed by atoms with Gasteiger partial charge in [0.2, 0.25) is 5.91 Å². The molecule has 0 aromatic heterocycles. The number of benzene rings is 2. The molecule has 0 bridgehead atoms. The van der Waals surface area contributed by atoms with E-state index in [1.165, 1.54) is 12.5 Å². The van der Waals surface area contributed by atoms with Crippen molar-refractivity contribution in [1.82, 2.24) is 10.6 Å². The first-order chi connectivity index (χ1) is 11.7. The van der Waals surface area contributed by atoms with Crippen LogP contribution in [0.5, 0.6) is 0 Å². The van der Waals surface area contributed by atoms with Crippen LogP contribution in [0.2, 0.25) is 0 Å². The van der Waals surface area contributed by atoms with Crippen LogP contribution in [-0.4, -0.2) is 18.4 Å². The van der Waals surface area contributed by atoms with E-state index in [-0.39, 0.29) is 29.9 Å². The number of aliphatic imine (C=N–C) groups is 1. The van der Waals surface area contributed by atoms with Crippen molar-refractivity contribution < 1.29 is 4.79 Å². The molecule has 5 nitrogen and oxygen atoms in total. The Morgan fingerprint density at radius 1 is 1.00 bits per heavy atom. The fourth-order valence-electron chi connectivity index (χ4n) is 2.24. The Labute approximate surface area is 166 Å². The molecule has 25 heavy (non-hydrogen) atoms. The Kier molecular flexibility index (Phi) is 9.61. The molecule has 0 aliphatic rings. The van der Waals surface area contributed by atoms with E-state index in [1.807, 2.05) is 49.4 Å². The van der Waals surface area contributed by atoms with Gasteiger partial charge in [-0.1, -0.05) is 42.5 Å². The summed E-state index contributed by atoms with van der Waals surface area (Å²) in [6, 6.07) is 17.9. The van der Waals surface area contributed by atoms with Gasteiger partial charge in [-0.15, -0.1) is 24.0 Å². The van der Waals surface area contributed by atoms with E-state index >= 15 is 0 Å². The highest BCUT2D eigenvalue weighted by Crippen LogP contribution is 2.11. The molecule has 1 amide bonds. The number of nitrogens with zero attached hydrogens (tertiary/aromatic N) is 1. The first-order valence-corrected chi connectivity index (χ1v) is 8.10. The Hall–Kier alpha value is -2.09. The van der Waals surface area contributed by atoms with Gasteiger partial charge < -0.3 is 16.0 Å². The molecule has 2 aromatic rings. The van der Waals surface area contributed by atoms with Gasteiger partial charge in [-0.05, 0) is 30.2 Å². The summed E-state index contributed by atoms with van der Waals surface area (Å²) in [7, 11) is 0. The largest absolute Gasteiger partial charge is 0.357 e. The van der Waals surface area contributed by atoms with Crippen LogP contribution in [0.25, 0.3) is 0 Å². The topological polar surface area (TPSA) is 65.5 Å². The summed E-state index contributed by atoms with van der Waals surface area (Å²) in [5.41, 5.74) is 3.03. The maximum absolute atomic E-state index is 11.1. The third-order valence-corrected chi connectivity index (χ3v) is 3.31. The lowest BCUT2D eigenvalue weighted by Gasteiger charge is -2.11. The number of anilines is 1. The molecule has 2 aromatic carbocycles. The van der Waals surface area contributed by atoms with Gasteiger partial charge in [0.15, 0.2) is 5.96 Å². The standard InChI is InChI=1S/C19H24N4O.HI/c1-3-20-19(21-13-16-8-5-4-6-9-16)22-14-17-10-7-11-18(12-17)23-15(2)24;/h4-12H,3,13-14H2,1-2H3,(H,23,24)(H2,20,21,22);1H. The van der Waals surface area contributed by atoms with Gasteiger partial charge in [-0.25, -0.2) is 4.99 Å². The number of amides is 1. The molecular formula is C19H25IN4O. The lowest BCUT2D eigenvalue weighted by Crippen LogP contribution is -2.36. The Morgan fingerprint density at radius 3 is 2.40 bits per heavy atom. The van der Waals surface area contributed by atoms with Crippen LogP contribution >= 0.6 is 24.0 Å². The molecular weight excluding hydrogens is 427 g/mol. The predicted octanol–water partition coefficient (Wildman–Crippen LogP) is 3.52. The highest BCUT2D eigenvalue weighted by molar-refractivity contribution is 14.0. The van der Waals surface area contributed by atoms with Gasteiger partial charge >= 0.3 is 0 Å². The predicted molar refractivity (Wildman–Crippen MR) is 114 cm³/mol. The van der Waals surface area contributed by atoms with Crippen LogP contribution < -0.4 is 16.0 Å². The maximum Gasteiger partial charge on any atom is 0.221 e. The maximum atomic E-state index is 11.1. The van der Waals surface area contributed by atoms with E-state index in [2.05, 4.69) is 33.1 Å². The molecule has 0 saturated carbocycles. The minimum atomic E-state index is -0.0754. The van der Waals surface area contributed by atoms with Crippen molar-refractivity contribution >= 4 is 41.5 Å². The molecule has 0 unspecified atom stereocenters. The SMILES string of the molecule is CCNC(=NCc1cccc(NC(C)=O)c1)NCc1ccccc1.I. The lowest BCUT2D eigenvalue weighted by atomic mass is 10.2. The second kappa shape index (κ2) is 11.5. The zero-order chi connectivity index (χ0) is 17.2. The summed E-state index contributed by atoms with van der Waals surface area (Å²) in [4.78, 5) is 15.7. The zero-order valence-corrected chi connectivity index (χ0v) is 16.9. The molecule has 0 heterocycles. The van der Waals surface area contributed by atoms with Crippen LogP contribution in [0, 0.1) is 0 Å². The smallest absolute Gasteiger partial charge is 0.221 e. The van der Waals surface area contributed by atoms with Gasteiger partial charge in [0.25, 0.3) is 0 Å². The first-order valence-electron chi connectivity index (χ1n) is 8.10. The highest BCUT2D eigenvalue weighted by Gasteiger charge is 2.00. The van der Waals surface area contributed by atoms with Crippen LogP contribution in [-0.2, 0) is 17.9 Å². The number of halogens is 1. The molecule has 0 aliphatic carbocycles. The summed E-state index contributed by atoms with van der Waals surface area (Å²) in [6.07, 6.45) is 0. The summed E-state index contributed by atoms with van der Waals surface area (Å²) >= 11 is 0. The van der Waals surface area contributed by atoms with Crippen LogP contribution in [0.15, 0.2) is 59.6 Å². The number of hydrogen-bond donors (Lipinski definition) is 3. The van der Waals surface area contributed by atoms with E-state index < -0.39 is 0 Å². The second-order valence-electron chi connectivity index (χ2n) is 5.42. The Morgan fingerprint density at radius 2 is 1.72 bits per heavy atom. The molecule has 0 atom stereocenters. The van der Waals surface area contributed by atoms with Gasteiger partial charge in [-0.2, -0.15) is 0 Å². The zero-order valence-electron chi connectivity index (χ0n) is 14.6. The minimum Gasteiger partial charge on any atom is -0.357 e. The van der Waals surface area contributed by atoms with Crippen molar-refractivity contribution in [2.24, 2.45) is 4.99 Å². The third kappa shape index (κ3) is 8.02. The van der Waals surface area contributed by atoms with Gasteiger partial charge in [0, 0.05) is 25.7 Å². The fourth-order valence-corrected chi connectivity index (χ4v) is 2.24. The number of hydrogen-bond acceptors (Lipinski definition) is 2. The van der Waals surface area contributed by atoms with Gasteiger partial charge in [0.05, 0.1) is 6.54 Å². The van der Waals surface area contributed by atoms with Crippen molar-refractivity contribution in [3.8, 4) is 0 Å². The summed E-state index contributed by atoms with van der Waals surface area (Å²) in [5, 5.41) is 9.35. The molecule has 2 rings (SSSR count). The first kappa shape index (κ1) is 21.0. The van der Waals surface area contributed by atoms with Crippen LogP contribution in [0.4, 0.5) is 5.69 Å². The fraction of sp³-hybridized carbons (Fsp3) is 0.263. The van der Waals surface area contributed by atoms with Crippen molar-refractivity contribution in [2.45, 2.75) is 26.9 Å². The molecule has 6 heteroatoms. The lowest BCUT2D eigenvalue weighted by molar-refractivity contribution is -0.114. The average Bonchev–Trinajstić information content (AvgIpc) is 2.58. The van der Waals surface area contributed by atoms with Crippen molar-refractivity contribution in [2.75, 3.05) is 11.9 Å². The number of guanidine groups is 1. The number of carbonyl (C=O) groups is 1. The molecule has 0 saturated heterocycles. The normalized spacial score (nSPS) is 10.6. The van der Waals surface area contributed by atoms with E-state index in [0.717, 1.165) is 30.3 Å². The average molecular weight is 452 g/mol. The number of nitrogens with one attached hydrogen (secondary N) is 3. The van der Waals surface area contributed by atoms with Crippen molar-refractivity contribution in [3.63, 3.8) is 0 Å². The van der Waals surface area contributed by atoms with Gasteiger partial charge in [-0.3, -0.25) is 4.79 Å². The van der Waals surface area contributed by atoms with E-state index in [4.69, 9.17) is 0 Å². The van der Waals surface area contributed by atoms with Crippen molar-refractivity contribution in [3.05, 3.63) is 65.7 Å². The van der Waals surface area contributed by atoms with E-state index in [9.17, 15) is 4.79 Å². The van der Waals surface area contributed by atoms with Crippen molar-refractivity contribution in [1.29, 1.82) is 0 Å². The van der Waals surface area contributed by atoms with E-state index in [1.54, 1.807) is 0 Å².